The molecule has 0 unspecified atom stereocenters. The van der Waals surface area contributed by atoms with E-state index in [2.05, 4.69) is 0 Å². The highest BCUT2D eigenvalue weighted by Gasteiger charge is 2.33. The average molecular weight is 274 g/mol. The van der Waals surface area contributed by atoms with Crippen LogP contribution in [0.2, 0.25) is 0 Å². The van der Waals surface area contributed by atoms with Crippen molar-refractivity contribution in [2.24, 2.45) is 0 Å². The van der Waals surface area contributed by atoms with Gasteiger partial charge < -0.3 is 10.2 Å². The predicted molar refractivity (Wildman–Crippen MR) is 77.1 cm³/mol. The summed E-state index contributed by atoms with van der Waals surface area (Å²) >= 11 is 0. The summed E-state index contributed by atoms with van der Waals surface area (Å²) in [5, 5.41) is 19.5. The van der Waals surface area contributed by atoms with E-state index in [1.807, 2.05) is 31.2 Å². The van der Waals surface area contributed by atoms with Gasteiger partial charge in [0.05, 0.1) is 13.2 Å². The number of hydrogen-bond donors (Lipinski definition) is 2. The third-order valence-corrected chi connectivity index (χ3v) is 3.71. The molecule has 106 valence electrons. The molecule has 2 aromatic rings. The SMILES string of the molecule is Cc1ccc(CC(CO)(CO)c2ccccc2F)cc1. The molecule has 20 heavy (non-hydrogen) atoms. The number of hydrogen-bond acceptors (Lipinski definition) is 2. The molecule has 0 saturated carbocycles. The van der Waals surface area contributed by atoms with Crippen molar-refractivity contribution in [1.29, 1.82) is 0 Å². The van der Waals surface area contributed by atoms with Gasteiger partial charge in [-0.05, 0) is 30.5 Å². The molecule has 0 aromatic heterocycles. The highest BCUT2D eigenvalue weighted by atomic mass is 19.1. The van der Waals surface area contributed by atoms with Crippen molar-refractivity contribution in [3.63, 3.8) is 0 Å². The Labute approximate surface area is 118 Å². The summed E-state index contributed by atoms with van der Waals surface area (Å²) < 4.78 is 14.0. The maximum absolute atomic E-state index is 14.0. The summed E-state index contributed by atoms with van der Waals surface area (Å²) in [6.07, 6.45) is 0.390. The van der Waals surface area contributed by atoms with E-state index >= 15 is 0 Å². The Bertz CT molecular complexity index is 559. The van der Waals surface area contributed by atoms with Gasteiger partial charge in [0, 0.05) is 5.41 Å². The highest BCUT2D eigenvalue weighted by Crippen LogP contribution is 2.30. The van der Waals surface area contributed by atoms with Gasteiger partial charge in [0.1, 0.15) is 5.82 Å². The van der Waals surface area contributed by atoms with E-state index in [-0.39, 0.29) is 13.2 Å². The molecular weight excluding hydrogens is 255 g/mol. The molecular formula is C17H19FO2. The van der Waals surface area contributed by atoms with Gasteiger partial charge in [-0.25, -0.2) is 4.39 Å². The summed E-state index contributed by atoms with van der Waals surface area (Å²) in [5.74, 6) is -0.400. The van der Waals surface area contributed by atoms with Crippen LogP contribution >= 0.6 is 0 Å². The number of aryl methyl sites for hydroxylation is 1. The summed E-state index contributed by atoms with van der Waals surface area (Å²) in [6.45, 7) is 1.38. The average Bonchev–Trinajstić information content (AvgIpc) is 2.48. The van der Waals surface area contributed by atoms with Crippen LogP contribution in [0, 0.1) is 12.7 Å². The Morgan fingerprint density at radius 3 is 2.10 bits per heavy atom. The van der Waals surface area contributed by atoms with Gasteiger partial charge in [0.25, 0.3) is 0 Å². The molecule has 0 atom stereocenters. The zero-order valence-corrected chi connectivity index (χ0v) is 11.5. The fourth-order valence-corrected chi connectivity index (χ4v) is 2.42. The van der Waals surface area contributed by atoms with Gasteiger partial charge in [-0.15, -0.1) is 0 Å². The molecule has 0 fully saturated rings. The number of aliphatic hydroxyl groups excluding tert-OH is 2. The molecule has 2 rings (SSSR count). The summed E-state index contributed by atoms with van der Waals surface area (Å²) in [4.78, 5) is 0. The predicted octanol–water partition coefficient (Wildman–Crippen LogP) is 2.60. The Hall–Kier alpha value is -1.71. The molecule has 3 heteroatoms. The molecule has 0 aliphatic rings. The zero-order chi connectivity index (χ0) is 14.6. The Morgan fingerprint density at radius 2 is 1.55 bits per heavy atom. The molecule has 0 aliphatic heterocycles. The van der Waals surface area contributed by atoms with E-state index in [0.29, 0.717) is 12.0 Å². The molecule has 0 heterocycles. The van der Waals surface area contributed by atoms with Crippen molar-refractivity contribution in [3.8, 4) is 0 Å². The maximum Gasteiger partial charge on any atom is 0.127 e. The summed E-state index contributed by atoms with van der Waals surface area (Å²) in [5.41, 5.74) is 1.45. The first-order chi connectivity index (χ1) is 9.61. The number of rotatable bonds is 5. The third-order valence-electron chi connectivity index (χ3n) is 3.71. The lowest BCUT2D eigenvalue weighted by atomic mass is 9.76. The first-order valence-electron chi connectivity index (χ1n) is 6.63. The molecule has 0 saturated heterocycles. The van der Waals surface area contributed by atoms with Crippen molar-refractivity contribution in [1.82, 2.24) is 0 Å². The van der Waals surface area contributed by atoms with Crippen LogP contribution in [0.3, 0.4) is 0 Å². The van der Waals surface area contributed by atoms with Crippen molar-refractivity contribution in [2.75, 3.05) is 13.2 Å². The zero-order valence-electron chi connectivity index (χ0n) is 11.5. The van der Waals surface area contributed by atoms with Gasteiger partial charge in [-0.2, -0.15) is 0 Å². The normalized spacial score (nSPS) is 11.6. The second-order valence-corrected chi connectivity index (χ2v) is 5.24. The lowest BCUT2D eigenvalue weighted by Gasteiger charge is -2.31. The Morgan fingerprint density at radius 1 is 0.950 bits per heavy atom. The van der Waals surface area contributed by atoms with Gasteiger partial charge in [-0.3, -0.25) is 0 Å². The van der Waals surface area contributed by atoms with Crippen LogP contribution in [0.15, 0.2) is 48.5 Å². The second-order valence-electron chi connectivity index (χ2n) is 5.24. The van der Waals surface area contributed by atoms with Gasteiger partial charge in [-0.1, -0.05) is 48.0 Å². The third kappa shape index (κ3) is 2.89. The van der Waals surface area contributed by atoms with Crippen LogP contribution in [-0.2, 0) is 11.8 Å². The van der Waals surface area contributed by atoms with E-state index in [1.165, 1.54) is 6.07 Å². The van der Waals surface area contributed by atoms with Gasteiger partial charge in [0.2, 0.25) is 0 Å². The van der Waals surface area contributed by atoms with E-state index in [1.54, 1.807) is 18.2 Å². The fourth-order valence-electron chi connectivity index (χ4n) is 2.42. The standard InChI is InChI=1S/C17H19FO2/c1-13-6-8-14(9-7-13)10-17(11-19,12-20)15-4-2-3-5-16(15)18/h2-9,19-20H,10-12H2,1H3. The van der Waals surface area contributed by atoms with E-state index in [4.69, 9.17) is 0 Å². The Balaban J connectivity index is 2.39. The lowest BCUT2D eigenvalue weighted by molar-refractivity contribution is 0.113. The monoisotopic (exact) mass is 274 g/mol. The van der Waals surface area contributed by atoms with Crippen LogP contribution in [-0.4, -0.2) is 23.4 Å². The molecule has 0 radical (unpaired) electrons. The Kier molecular flexibility index (Phi) is 4.53. The fraction of sp³-hybridized carbons (Fsp3) is 0.294. The van der Waals surface area contributed by atoms with Crippen molar-refractivity contribution >= 4 is 0 Å². The number of benzene rings is 2. The molecule has 0 spiro atoms. The van der Waals surface area contributed by atoms with Gasteiger partial charge >= 0.3 is 0 Å². The van der Waals surface area contributed by atoms with Crippen LogP contribution in [0.5, 0.6) is 0 Å². The van der Waals surface area contributed by atoms with Gasteiger partial charge in [0.15, 0.2) is 0 Å². The van der Waals surface area contributed by atoms with Crippen molar-refractivity contribution < 1.29 is 14.6 Å². The molecule has 2 nitrogen and oxygen atoms in total. The smallest absolute Gasteiger partial charge is 0.127 e. The molecule has 0 aliphatic carbocycles. The van der Waals surface area contributed by atoms with E-state index < -0.39 is 11.2 Å². The first-order valence-corrected chi connectivity index (χ1v) is 6.63. The highest BCUT2D eigenvalue weighted by molar-refractivity contribution is 5.32. The maximum atomic E-state index is 14.0. The lowest BCUT2D eigenvalue weighted by Crippen LogP contribution is -2.38. The number of aliphatic hydroxyl groups is 2. The topological polar surface area (TPSA) is 40.5 Å². The first kappa shape index (κ1) is 14.7. The van der Waals surface area contributed by atoms with Crippen LogP contribution in [0.4, 0.5) is 4.39 Å². The summed E-state index contributed by atoms with van der Waals surface area (Å²) in [6, 6.07) is 14.1. The largest absolute Gasteiger partial charge is 0.395 e. The molecule has 0 amide bonds. The van der Waals surface area contributed by atoms with Crippen LogP contribution in [0.25, 0.3) is 0 Å². The number of halogens is 1. The molecule has 2 aromatic carbocycles. The molecule has 0 bridgehead atoms. The minimum atomic E-state index is -0.999. The van der Waals surface area contributed by atoms with E-state index in [0.717, 1.165) is 11.1 Å². The van der Waals surface area contributed by atoms with Crippen molar-refractivity contribution in [2.45, 2.75) is 18.8 Å². The van der Waals surface area contributed by atoms with E-state index in [9.17, 15) is 14.6 Å². The minimum Gasteiger partial charge on any atom is -0.395 e. The minimum absolute atomic E-state index is 0.307. The van der Waals surface area contributed by atoms with Crippen molar-refractivity contribution in [3.05, 3.63) is 71.0 Å². The van der Waals surface area contributed by atoms with Crippen LogP contribution in [0.1, 0.15) is 16.7 Å². The second kappa shape index (κ2) is 6.16. The van der Waals surface area contributed by atoms with Crippen LogP contribution < -0.4 is 0 Å². The molecule has 2 N–H and O–H groups in total. The quantitative estimate of drug-likeness (QED) is 0.880. The summed E-state index contributed by atoms with van der Waals surface area (Å²) in [7, 11) is 0.